The molecule has 3 rings (SSSR count). The summed E-state index contributed by atoms with van der Waals surface area (Å²) in [4.78, 5) is 2.40. The molecule has 1 heterocycles. The first-order valence-corrected chi connectivity index (χ1v) is 6.99. The number of hydrogen-bond donors (Lipinski definition) is 2. The standard InChI is InChI=1S/C15H22N2O/c1-17-8-6-12(7-9-17)16-15-5-2-11-10-13(18)3-4-14(11)15/h3-4,10,12,15-16,18H,2,5-9H2,1H3. The van der Waals surface area contributed by atoms with Crippen LogP contribution in [0.2, 0.25) is 0 Å². The average Bonchev–Trinajstić information content (AvgIpc) is 2.74. The van der Waals surface area contributed by atoms with Crippen LogP contribution in [0, 0.1) is 0 Å². The second-order valence-corrected chi connectivity index (χ2v) is 5.72. The summed E-state index contributed by atoms with van der Waals surface area (Å²) in [5, 5.41) is 13.3. The van der Waals surface area contributed by atoms with E-state index in [1.54, 1.807) is 0 Å². The summed E-state index contributed by atoms with van der Waals surface area (Å²) in [6.07, 6.45) is 4.76. The van der Waals surface area contributed by atoms with Gasteiger partial charge in [0.05, 0.1) is 0 Å². The first-order valence-electron chi connectivity index (χ1n) is 6.99. The fraction of sp³-hybridized carbons (Fsp3) is 0.600. The Hall–Kier alpha value is -1.06. The van der Waals surface area contributed by atoms with Crippen LogP contribution in [0.25, 0.3) is 0 Å². The van der Waals surface area contributed by atoms with Crippen molar-refractivity contribution < 1.29 is 5.11 Å². The quantitative estimate of drug-likeness (QED) is 0.838. The van der Waals surface area contributed by atoms with Crippen molar-refractivity contribution >= 4 is 0 Å². The molecule has 0 amide bonds. The zero-order chi connectivity index (χ0) is 12.5. The summed E-state index contributed by atoms with van der Waals surface area (Å²) in [6, 6.07) is 6.98. The highest BCUT2D eigenvalue weighted by molar-refractivity contribution is 5.40. The molecule has 98 valence electrons. The van der Waals surface area contributed by atoms with E-state index in [2.05, 4.69) is 23.3 Å². The van der Waals surface area contributed by atoms with E-state index >= 15 is 0 Å². The molecule has 0 radical (unpaired) electrons. The smallest absolute Gasteiger partial charge is 0.115 e. The number of nitrogens with one attached hydrogen (secondary N) is 1. The molecular weight excluding hydrogens is 224 g/mol. The summed E-state index contributed by atoms with van der Waals surface area (Å²) < 4.78 is 0. The molecule has 3 nitrogen and oxygen atoms in total. The molecule has 1 aliphatic heterocycles. The Morgan fingerprint density at radius 2 is 2.00 bits per heavy atom. The number of phenolic OH excluding ortho intramolecular Hbond substituents is 1. The number of rotatable bonds is 2. The molecule has 0 saturated carbocycles. The minimum Gasteiger partial charge on any atom is -0.508 e. The van der Waals surface area contributed by atoms with Gasteiger partial charge in [0.2, 0.25) is 0 Å². The van der Waals surface area contributed by atoms with Gasteiger partial charge in [-0.05, 0) is 69.1 Å². The number of likely N-dealkylation sites (tertiary alicyclic amines) is 1. The number of aromatic hydroxyl groups is 1. The predicted molar refractivity (Wildman–Crippen MR) is 72.8 cm³/mol. The lowest BCUT2D eigenvalue weighted by Gasteiger charge is -2.31. The molecule has 18 heavy (non-hydrogen) atoms. The van der Waals surface area contributed by atoms with Crippen LogP contribution in [0.15, 0.2) is 18.2 Å². The van der Waals surface area contributed by atoms with Crippen molar-refractivity contribution in [1.82, 2.24) is 10.2 Å². The van der Waals surface area contributed by atoms with Crippen LogP contribution in [0.3, 0.4) is 0 Å². The van der Waals surface area contributed by atoms with Gasteiger partial charge < -0.3 is 15.3 Å². The van der Waals surface area contributed by atoms with Crippen molar-refractivity contribution in [2.45, 2.75) is 37.8 Å². The molecule has 2 N–H and O–H groups in total. The molecule has 1 aromatic carbocycles. The van der Waals surface area contributed by atoms with Crippen molar-refractivity contribution in [2.24, 2.45) is 0 Å². The van der Waals surface area contributed by atoms with E-state index in [0.717, 1.165) is 6.42 Å². The lowest BCUT2D eigenvalue weighted by Crippen LogP contribution is -2.41. The lowest BCUT2D eigenvalue weighted by molar-refractivity contribution is 0.224. The Balaban J connectivity index is 1.66. The average molecular weight is 246 g/mol. The number of nitrogens with zero attached hydrogens (tertiary/aromatic N) is 1. The summed E-state index contributed by atoms with van der Waals surface area (Å²) in [5.74, 6) is 0.397. The van der Waals surface area contributed by atoms with Gasteiger partial charge in [0, 0.05) is 12.1 Å². The fourth-order valence-electron chi connectivity index (χ4n) is 3.24. The Kier molecular flexibility index (Phi) is 3.27. The lowest BCUT2D eigenvalue weighted by atomic mass is 10.0. The Bertz CT molecular complexity index is 425. The van der Waals surface area contributed by atoms with E-state index in [4.69, 9.17) is 0 Å². The van der Waals surface area contributed by atoms with E-state index < -0.39 is 0 Å². The first-order chi connectivity index (χ1) is 8.72. The zero-order valence-corrected chi connectivity index (χ0v) is 11.0. The van der Waals surface area contributed by atoms with Gasteiger partial charge in [0.25, 0.3) is 0 Å². The number of fused-ring (bicyclic) bond motifs is 1. The van der Waals surface area contributed by atoms with Crippen LogP contribution in [0.5, 0.6) is 5.75 Å². The molecule has 3 heteroatoms. The van der Waals surface area contributed by atoms with Gasteiger partial charge in [-0.3, -0.25) is 0 Å². The van der Waals surface area contributed by atoms with Gasteiger partial charge in [-0.15, -0.1) is 0 Å². The molecule has 1 unspecified atom stereocenters. The van der Waals surface area contributed by atoms with E-state index in [1.165, 1.54) is 43.5 Å². The van der Waals surface area contributed by atoms with Crippen molar-refractivity contribution in [3.63, 3.8) is 0 Å². The Labute approximate surface area is 109 Å². The van der Waals surface area contributed by atoms with Crippen LogP contribution in [-0.2, 0) is 6.42 Å². The molecule has 1 fully saturated rings. The minimum absolute atomic E-state index is 0.397. The summed E-state index contributed by atoms with van der Waals surface area (Å²) >= 11 is 0. The highest BCUT2D eigenvalue weighted by atomic mass is 16.3. The number of aryl methyl sites for hydroxylation is 1. The maximum Gasteiger partial charge on any atom is 0.115 e. The van der Waals surface area contributed by atoms with Crippen LogP contribution in [-0.4, -0.2) is 36.2 Å². The SMILES string of the molecule is CN1CCC(NC2CCc3cc(O)ccc32)CC1. The third-order valence-corrected chi connectivity index (χ3v) is 4.36. The van der Waals surface area contributed by atoms with E-state index in [1.807, 2.05) is 12.1 Å². The van der Waals surface area contributed by atoms with Gasteiger partial charge >= 0.3 is 0 Å². The summed E-state index contributed by atoms with van der Waals surface area (Å²) in [6.45, 7) is 2.40. The highest BCUT2D eigenvalue weighted by Gasteiger charge is 2.26. The van der Waals surface area contributed by atoms with E-state index in [-0.39, 0.29) is 0 Å². The molecule has 2 aliphatic rings. The highest BCUT2D eigenvalue weighted by Crippen LogP contribution is 2.34. The van der Waals surface area contributed by atoms with Gasteiger partial charge in [0.15, 0.2) is 0 Å². The summed E-state index contributed by atoms with van der Waals surface area (Å²) in [7, 11) is 2.20. The number of benzene rings is 1. The molecule has 1 aromatic rings. The van der Waals surface area contributed by atoms with E-state index in [9.17, 15) is 5.11 Å². The van der Waals surface area contributed by atoms with Crippen molar-refractivity contribution in [3.8, 4) is 5.75 Å². The van der Waals surface area contributed by atoms with Crippen molar-refractivity contribution in [1.29, 1.82) is 0 Å². The summed E-state index contributed by atoms with van der Waals surface area (Å²) in [5.41, 5.74) is 2.71. The maximum absolute atomic E-state index is 9.51. The molecule has 0 aromatic heterocycles. The maximum atomic E-state index is 9.51. The van der Waals surface area contributed by atoms with Gasteiger partial charge in [-0.1, -0.05) is 6.07 Å². The Morgan fingerprint density at radius 3 is 2.78 bits per heavy atom. The molecule has 0 bridgehead atoms. The monoisotopic (exact) mass is 246 g/mol. The second-order valence-electron chi connectivity index (χ2n) is 5.72. The number of phenols is 1. The number of piperidine rings is 1. The topological polar surface area (TPSA) is 35.5 Å². The van der Waals surface area contributed by atoms with Crippen molar-refractivity contribution in [2.75, 3.05) is 20.1 Å². The zero-order valence-electron chi connectivity index (χ0n) is 11.0. The molecular formula is C15H22N2O. The van der Waals surface area contributed by atoms with Gasteiger partial charge in [-0.25, -0.2) is 0 Å². The first kappa shape index (κ1) is 12.0. The van der Waals surface area contributed by atoms with Crippen LogP contribution >= 0.6 is 0 Å². The predicted octanol–water partition coefficient (Wildman–Crippen LogP) is 2.06. The van der Waals surface area contributed by atoms with Gasteiger partial charge in [-0.2, -0.15) is 0 Å². The second kappa shape index (κ2) is 4.90. The molecule has 1 saturated heterocycles. The molecule has 0 spiro atoms. The normalized spacial score (nSPS) is 25.3. The molecule has 1 atom stereocenters. The van der Waals surface area contributed by atoms with Crippen LogP contribution < -0.4 is 5.32 Å². The minimum atomic E-state index is 0.397. The third kappa shape index (κ3) is 2.38. The fourth-order valence-corrected chi connectivity index (χ4v) is 3.24. The van der Waals surface area contributed by atoms with Crippen molar-refractivity contribution in [3.05, 3.63) is 29.3 Å². The molecule has 1 aliphatic carbocycles. The largest absolute Gasteiger partial charge is 0.508 e. The third-order valence-electron chi connectivity index (χ3n) is 4.36. The van der Waals surface area contributed by atoms with E-state index in [0.29, 0.717) is 17.8 Å². The Morgan fingerprint density at radius 1 is 1.22 bits per heavy atom. The van der Waals surface area contributed by atoms with Crippen LogP contribution in [0.1, 0.15) is 36.4 Å². The van der Waals surface area contributed by atoms with Crippen LogP contribution in [0.4, 0.5) is 0 Å². The van der Waals surface area contributed by atoms with Gasteiger partial charge in [0.1, 0.15) is 5.75 Å². The number of hydrogen-bond acceptors (Lipinski definition) is 3.